The Morgan fingerprint density at radius 1 is 0.925 bits per heavy atom. The molecular formula is C31H23N7OS. The van der Waals surface area contributed by atoms with Crippen LogP contribution in [0.15, 0.2) is 91.5 Å². The van der Waals surface area contributed by atoms with Gasteiger partial charge in [0.1, 0.15) is 5.65 Å². The van der Waals surface area contributed by atoms with Crippen molar-refractivity contribution in [2.45, 2.75) is 13.3 Å². The Hall–Kier alpha value is -5.15. The Morgan fingerprint density at radius 2 is 1.80 bits per heavy atom. The van der Waals surface area contributed by atoms with E-state index in [1.165, 1.54) is 9.75 Å². The van der Waals surface area contributed by atoms with Crippen LogP contribution in [0.4, 0.5) is 5.69 Å². The molecule has 40 heavy (non-hydrogen) atoms. The number of benzene rings is 1. The predicted octanol–water partition coefficient (Wildman–Crippen LogP) is 6.78. The number of H-pyrrole nitrogens is 2. The first-order valence-electron chi connectivity index (χ1n) is 12.8. The Kier molecular flexibility index (Phi) is 5.90. The zero-order valence-electron chi connectivity index (χ0n) is 21.5. The topological polar surface area (TPSA) is 112 Å². The van der Waals surface area contributed by atoms with Crippen molar-refractivity contribution in [3.63, 3.8) is 0 Å². The SMILES string of the molecule is Cc1ccc(-c2ccnc3[nH]c(-c4[nH]nc5ncc(-c6cncc(NC(=O)Cc7ccccc7)c6)cc45)cc23)s1. The van der Waals surface area contributed by atoms with E-state index < -0.39 is 0 Å². The first kappa shape index (κ1) is 23.9. The summed E-state index contributed by atoms with van der Waals surface area (Å²) >= 11 is 1.77. The van der Waals surface area contributed by atoms with Crippen molar-refractivity contribution in [2.75, 3.05) is 5.32 Å². The van der Waals surface area contributed by atoms with Gasteiger partial charge in [-0.2, -0.15) is 5.10 Å². The molecule has 0 fully saturated rings. The molecule has 7 rings (SSSR count). The molecule has 6 heterocycles. The van der Waals surface area contributed by atoms with Crippen molar-refractivity contribution in [3.05, 3.63) is 102 Å². The predicted molar refractivity (Wildman–Crippen MR) is 159 cm³/mol. The maximum Gasteiger partial charge on any atom is 0.228 e. The van der Waals surface area contributed by atoms with E-state index in [0.29, 0.717) is 17.8 Å². The van der Waals surface area contributed by atoms with Gasteiger partial charge in [0.25, 0.3) is 0 Å². The van der Waals surface area contributed by atoms with Gasteiger partial charge in [-0.05, 0) is 48.9 Å². The van der Waals surface area contributed by atoms with Crippen LogP contribution < -0.4 is 5.32 Å². The van der Waals surface area contributed by atoms with Crippen LogP contribution in [-0.2, 0) is 11.2 Å². The van der Waals surface area contributed by atoms with E-state index in [-0.39, 0.29) is 5.91 Å². The average molecular weight is 542 g/mol. The lowest BCUT2D eigenvalue weighted by molar-refractivity contribution is -0.115. The molecule has 0 spiro atoms. The minimum atomic E-state index is -0.0969. The van der Waals surface area contributed by atoms with Gasteiger partial charge in [-0.3, -0.25) is 14.9 Å². The third kappa shape index (κ3) is 4.52. The summed E-state index contributed by atoms with van der Waals surface area (Å²) in [6.07, 6.45) is 7.30. The fourth-order valence-corrected chi connectivity index (χ4v) is 5.78. The van der Waals surface area contributed by atoms with E-state index in [2.05, 4.69) is 66.6 Å². The lowest BCUT2D eigenvalue weighted by atomic mass is 10.1. The second-order valence-electron chi connectivity index (χ2n) is 9.58. The van der Waals surface area contributed by atoms with Crippen LogP contribution in [0.5, 0.6) is 0 Å². The highest BCUT2D eigenvalue weighted by Crippen LogP contribution is 2.36. The van der Waals surface area contributed by atoms with Gasteiger partial charge < -0.3 is 10.3 Å². The van der Waals surface area contributed by atoms with Crippen molar-refractivity contribution in [1.29, 1.82) is 0 Å². The van der Waals surface area contributed by atoms with Crippen LogP contribution in [0.25, 0.3) is 55.0 Å². The minimum absolute atomic E-state index is 0.0969. The molecule has 9 heteroatoms. The largest absolute Gasteiger partial charge is 0.338 e. The molecule has 3 N–H and O–H groups in total. The number of carbonyl (C=O) groups excluding carboxylic acids is 1. The van der Waals surface area contributed by atoms with E-state index >= 15 is 0 Å². The monoisotopic (exact) mass is 541 g/mol. The number of aryl methyl sites for hydroxylation is 1. The first-order chi connectivity index (χ1) is 19.6. The summed E-state index contributed by atoms with van der Waals surface area (Å²) in [5.74, 6) is -0.0969. The summed E-state index contributed by atoms with van der Waals surface area (Å²) in [6.45, 7) is 2.11. The highest BCUT2D eigenvalue weighted by Gasteiger charge is 2.16. The average Bonchev–Trinajstić information content (AvgIpc) is 3.71. The third-order valence-electron chi connectivity index (χ3n) is 6.78. The summed E-state index contributed by atoms with van der Waals surface area (Å²) in [5, 5.41) is 12.5. The number of fused-ring (bicyclic) bond motifs is 2. The van der Waals surface area contributed by atoms with Crippen LogP contribution in [0.3, 0.4) is 0 Å². The molecule has 8 nitrogen and oxygen atoms in total. The number of carbonyl (C=O) groups is 1. The normalized spacial score (nSPS) is 11.3. The lowest BCUT2D eigenvalue weighted by Crippen LogP contribution is -2.14. The molecule has 6 aromatic heterocycles. The van der Waals surface area contributed by atoms with Crippen molar-refractivity contribution >= 4 is 45.0 Å². The fourth-order valence-electron chi connectivity index (χ4n) is 4.87. The standard InChI is InChI=1S/C31H23N7OS/c1-18-7-8-27(40-18)23-9-10-33-30-24(23)14-26(36-30)29-25-13-21(16-34-31(25)38-37-29)20-12-22(17-32-15-20)35-28(39)11-19-5-3-2-4-6-19/h2-10,12-17H,11H2,1H3,(H,33,36)(H,35,39)(H,34,37,38). The quantitative estimate of drug-likeness (QED) is 0.215. The van der Waals surface area contributed by atoms with Gasteiger partial charge in [-0.25, -0.2) is 9.97 Å². The van der Waals surface area contributed by atoms with Gasteiger partial charge in [-0.1, -0.05) is 30.3 Å². The van der Waals surface area contributed by atoms with Crippen molar-refractivity contribution in [3.8, 4) is 33.0 Å². The number of pyridine rings is 3. The van der Waals surface area contributed by atoms with Crippen molar-refractivity contribution in [2.24, 2.45) is 0 Å². The van der Waals surface area contributed by atoms with Gasteiger partial charge in [-0.15, -0.1) is 11.3 Å². The van der Waals surface area contributed by atoms with Crippen LogP contribution >= 0.6 is 11.3 Å². The molecule has 0 saturated carbocycles. The second-order valence-corrected chi connectivity index (χ2v) is 10.9. The van der Waals surface area contributed by atoms with Gasteiger partial charge in [0.2, 0.25) is 5.91 Å². The molecule has 1 amide bonds. The molecule has 1 aromatic carbocycles. The summed E-state index contributed by atoms with van der Waals surface area (Å²) in [6, 6.07) is 22.0. The molecule has 0 saturated heterocycles. The number of anilines is 1. The number of aromatic amines is 2. The van der Waals surface area contributed by atoms with Gasteiger partial charge >= 0.3 is 0 Å². The van der Waals surface area contributed by atoms with E-state index in [0.717, 1.165) is 50.1 Å². The molecule has 194 valence electrons. The molecule has 0 atom stereocenters. The Bertz CT molecular complexity index is 2010. The van der Waals surface area contributed by atoms with Gasteiger partial charge in [0, 0.05) is 55.8 Å². The Morgan fingerprint density at radius 3 is 2.65 bits per heavy atom. The second kappa shape index (κ2) is 9.87. The Balaban J connectivity index is 1.21. The van der Waals surface area contributed by atoms with Gasteiger partial charge in [0.05, 0.1) is 29.7 Å². The molecular weight excluding hydrogens is 518 g/mol. The zero-order chi connectivity index (χ0) is 27.1. The number of hydrogen-bond donors (Lipinski definition) is 3. The highest BCUT2D eigenvalue weighted by molar-refractivity contribution is 7.15. The highest BCUT2D eigenvalue weighted by atomic mass is 32.1. The molecule has 7 aromatic rings. The lowest BCUT2D eigenvalue weighted by Gasteiger charge is -2.07. The fraction of sp³-hybridized carbons (Fsp3) is 0.0645. The molecule has 0 radical (unpaired) electrons. The number of thiophene rings is 1. The molecule has 0 unspecified atom stereocenters. The first-order valence-corrected chi connectivity index (χ1v) is 13.6. The summed E-state index contributed by atoms with van der Waals surface area (Å²) < 4.78 is 0. The minimum Gasteiger partial charge on any atom is -0.338 e. The summed E-state index contributed by atoms with van der Waals surface area (Å²) in [5.41, 5.74) is 7.57. The molecule has 0 bridgehead atoms. The maximum absolute atomic E-state index is 12.6. The van der Waals surface area contributed by atoms with Crippen LogP contribution in [0, 0.1) is 6.92 Å². The number of hydrogen-bond acceptors (Lipinski definition) is 6. The van der Waals surface area contributed by atoms with Crippen LogP contribution in [0.2, 0.25) is 0 Å². The van der Waals surface area contributed by atoms with E-state index in [1.54, 1.807) is 29.9 Å². The third-order valence-corrected chi connectivity index (χ3v) is 7.81. The summed E-state index contributed by atoms with van der Waals surface area (Å²) in [7, 11) is 0. The number of rotatable bonds is 6. The van der Waals surface area contributed by atoms with Gasteiger partial charge in [0.15, 0.2) is 5.65 Å². The number of nitrogens with zero attached hydrogens (tertiary/aromatic N) is 4. The zero-order valence-corrected chi connectivity index (χ0v) is 22.3. The Labute approximate surface area is 233 Å². The number of aromatic nitrogens is 6. The van der Waals surface area contributed by atoms with E-state index in [4.69, 9.17) is 0 Å². The van der Waals surface area contributed by atoms with Crippen LogP contribution in [-0.4, -0.2) is 36.0 Å². The van der Waals surface area contributed by atoms with Crippen molar-refractivity contribution < 1.29 is 4.79 Å². The van der Waals surface area contributed by atoms with Crippen molar-refractivity contribution in [1.82, 2.24) is 30.1 Å². The van der Waals surface area contributed by atoms with E-state index in [9.17, 15) is 4.79 Å². The molecule has 0 aliphatic rings. The summed E-state index contributed by atoms with van der Waals surface area (Å²) in [4.78, 5) is 32.0. The van der Waals surface area contributed by atoms with Crippen LogP contribution in [0.1, 0.15) is 10.4 Å². The molecule has 0 aliphatic heterocycles. The molecule has 0 aliphatic carbocycles. The smallest absolute Gasteiger partial charge is 0.228 e. The number of nitrogens with one attached hydrogen (secondary N) is 3. The maximum atomic E-state index is 12.6. The number of amides is 1. The van der Waals surface area contributed by atoms with E-state index in [1.807, 2.05) is 48.7 Å².